The number of ether oxygens (including phenoxy) is 2. The lowest BCUT2D eigenvalue weighted by Gasteiger charge is -2.31. The summed E-state index contributed by atoms with van der Waals surface area (Å²) in [4.78, 5) is 12.4. The van der Waals surface area contributed by atoms with E-state index in [1.807, 2.05) is 12.3 Å². The molecule has 0 aliphatic carbocycles. The second-order valence-corrected chi connectivity index (χ2v) is 8.93. The van der Waals surface area contributed by atoms with Crippen LogP contribution >= 0.6 is 11.3 Å². The number of methoxy groups -OCH3 is 1. The molecule has 5 rings (SSSR count). The van der Waals surface area contributed by atoms with Gasteiger partial charge in [-0.2, -0.15) is 0 Å². The van der Waals surface area contributed by atoms with Gasteiger partial charge in [0.2, 0.25) is 0 Å². The molecular weight excluding hydrogens is 432 g/mol. The second-order valence-electron chi connectivity index (χ2n) is 7.82. The van der Waals surface area contributed by atoms with Crippen molar-refractivity contribution in [1.82, 2.24) is 14.9 Å². The Balaban J connectivity index is 1.52. The van der Waals surface area contributed by atoms with Gasteiger partial charge in [0.15, 0.2) is 11.6 Å². The Kier molecular flexibility index (Phi) is 5.67. The number of hydrogen-bond acceptors (Lipinski definition) is 5. The number of fused-ring (bicyclic) bond motifs is 1. The van der Waals surface area contributed by atoms with E-state index in [0.717, 1.165) is 48.2 Å². The van der Waals surface area contributed by atoms with E-state index in [1.54, 1.807) is 17.5 Å². The molecule has 32 heavy (non-hydrogen) atoms. The van der Waals surface area contributed by atoms with Crippen LogP contribution in [0.5, 0.6) is 5.75 Å². The van der Waals surface area contributed by atoms with Gasteiger partial charge in [-0.3, -0.25) is 4.90 Å². The smallest absolute Gasteiger partial charge is 0.168 e. The maximum absolute atomic E-state index is 14.3. The fourth-order valence-corrected chi connectivity index (χ4v) is 5.28. The number of morpholine rings is 1. The molecule has 1 N–H and O–H groups in total. The van der Waals surface area contributed by atoms with E-state index in [9.17, 15) is 8.78 Å². The molecule has 5 nitrogen and oxygen atoms in total. The molecule has 1 atom stereocenters. The molecular formula is C24H23F2N3O2S. The van der Waals surface area contributed by atoms with Gasteiger partial charge in [-0.25, -0.2) is 13.8 Å². The van der Waals surface area contributed by atoms with Crippen LogP contribution in [0.15, 0.2) is 42.7 Å². The lowest BCUT2D eigenvalue weighted by Crippen LogP contribution is -2.37. The fraction of sp³-hybridized carbons (Fsp3) is 0.292. The van der Waals surface area contributed by atoms with Crippen molar-refractivity contribution in [2.45, 2.75) is 13.0 Å². The quantitative estimate of drug-likeness (QED) is 0.423. The summed E-state index contributed by atoms with van der Waals surface area (Å²) in [6.07, 6.45) is 3.53. The van der Waals surface area contributed by atoms with E-state index in [0.29, 0.717) is 22.8 Å². The summed E-state index contributed by atoms with van der Waals surface area (Å²) in [6.45, 7) is 5.62. The number of rotatable bonds is 5. The molecule has 1 aromatic carbocycles. The number of aromatic amines is 1. The Morgan fingerprint density at radius 3 is 2.75 bits per heavy atom. The summed E-state index contributed by atoms with van der Waals surface area (Å²) in [6, 6.07) is 8.69. The van der Waals surface area contributed by atoms with Crippen molar-refractivity contribution in [3.05, 3.63) is 59.2 Å². The van der Waals surface area contributed by atoms with Gasteiger partial charge < -0.3 is 14.5 Å². The van der Waals surface area contributed by atoms with Crippen LogP contribution in [0.4, 0.5) is 8.78 Å². The highest BCUT2D eigenvalue weighted by Crippen LogP contribution is 2.39. The van der Waals surface area contributed by atoms with Gasteiger partial charge in [-0.05, 0) is 31.2 Å². The van der Waals surface area contributed by atoms with E-state index in [1.165, 1.54) is 18.1 Å². The molecule has 0 saturated carbocycles. The number of hydrogen-bond donors (Lipinski definition) is 1. The number of thiophene rings is 1. The molecule has 166 valence electrons. The van der Waals surface area contributed by atoms with Gasteiger partial charge >= 0.3 is 0 Å². The highest BCUT2D eigenvalue weighted by atomic mass is 32.1. The summed E-state index contributed by atoms with van der Waals surface area (Å²) < 4.78 is 38.9. The van der Waals surface area contributed by atoms with Crippen molar-refractivity contribution < 1.29 is 18.3 Å². The third kappa shape index (κ3) is 3.79. The van der Waals surface area contributed by atoms with Crippen LogP contribution in [0.25, 0.3) is 32.6 Å². The number of pyridine rings is 1. The monoisotopic (exact) mass is 455 g/mol. The normalized spacial score (nSPS) is 15.9. The standard InChI is InChI=1S/C24H23F2N3O2S/c1-14(29-5-7-31-8-6-29)21-3-4-22(32-21)15-9-18-19(13-28-24(18)27-12-15)17-10-16(25)11-20(26)23(17)30-2/h3-4,9-14H,5-8H2,1-2H3,(H,27,28). The molecule has 1 aliphatic heterocycles. The summed E-state index contributed by atoms with van der Waals surface area (Å²) >= 11 is 1.74. The summed E-state index contributed by atoms with van der Waals surface area (Å²) in [7, 11) is 1.38. The first-order valence-corrected chi connectivity index (χ1v) is 11.3. The van der Waals surface area contributed by atoms with Gasteiger partial charge in [0.25, 0.3) is 0 Å². The molecule has 4 aromatic rings. The highest BCUT2D eigenvalue weighted by Gasteiger charge is 2.21. The minimum absolute atomic E-state index is 0.00967. The van der Waals surface area contributed by atoms with E-state index in [-0.39, 0.29) is 5.75 Å². The Bertz CT molecular complexity index is 1260. The number of benzene rings is 1. The average Bonchev–Trinajstić information content (AvgIpc) is 3.46. The number of halogens is 2. The topological polar surface area (TPSA) is 50.4 Å². The van der Waals surface area contributed by atoms with Crippen LogP contribution in [0, 0.1) is 11.6 Å². The second kappa shape index (κ2) is 8.61. The SMILES string of the molecule is COc1c(F)cc(F)cc1-c1c[nH]c2ncc(-c3ccc(C(C)N4CCOCC4)s3)cc12. The zero-order valence-electron chi connectivity index (χ0n) is 17.8. The Morgan fingerprint density at radius 2 is 1.97 bits per heavy atom. The molecule has 1 saturated heterocycles. The average molecular weight is 456 g/mol. The number of nitrogens with zero attached hydrogens (tertiary/aromatic N) is 2. The first kappa shape index (κ1) is 21.1. The largest absolute Gasteiger partial charge is 0.493 e. The van der Waals surface area contributed by atoms with Crippen molar-refractivity contribution >= 4 is 22.4 Å². The molecule has 1 fully saturated rings. The van der Waals surface area contributed by atoms with Crippen LogP contribution in [-0.4, -0.2) is 48.3 Å². The first-order chi connectivity index (χ1) is 15.5. The molecule has 0 bridgehead atoms. The van der Waals surface area contributed by atoms with Gasteiger partial charge in [0, 0.05) is 69.4 Å². The molecule has 0 amide bonds. The maximum atomic E-state index is 14.3. The van der Waals surface area contributed by atoms with E-state index in [4.69, 9.17) is 9.47 Å². The zero-order chi connectivity index (χ0) is 22.2. The maximum Gasteiger partial charge on any atom is 0.168 e. The van der Waals surface area contributed by atoms with Crippen LogP contribution < -0.4 is 4.74 Å². The van der Waals surface area contributed by atoms with Crippen LogP contribution in [-0.2, 0) is 4.74 Å². The predicted molar refractivity (Wildman–Crippen MR) is 122 cm³/mol. The zero-order valence-corrected chi connectivity index (χ0v) is 18.6. The number of aromatic nitrogens is 2. The van der Waals surface area contributed by atoms with Gasteiger partial charge in [-0.15, -0.1) is 11.3 Å². The van der Waals surface area contributed by atoms with Gasteiger partial charge in [0.05, 0.1) is 20.3 Å². The Labute approximate surface area is 188 Å². The predicted octanol–water partition coefficient (Wildman–Crippen LogP) is 5.64. The number of nitrogens with one attached hydrogen (secondary N) is 1. The number of H-pyrrole nitrogens is 1. The Morgan fingerprint density at radius 1 is 1.16 bits per heavy atom. The lowest BCUT2D eigenvalue weighted by atomic mass is 10.0. The van der Waals surface area contributed by atoms with Crippen molar-refractivity contribution in [2.24, 2.45) is 0 Å². The molecule has 1 unspecified atom stereocenters. The van der Waals surface area contributed by atoms with Crippen molar-refractivity contribution in [1.29, 1.82) is 0 Å². The first-order valence-electron chi connectivity index (χ1n) is 10.5. The van der Waals surface area contributed by atoms with E-state index in [2.05, 4.69) is 33.9 Å². The van der Waals surface area contributed by atoms with Crippen LogP contribution in [0.3, 0.4) is 0 Å². The van der Waals surface area contributed by atoms with Crippen molar-refractivity contribution in [2.75, 3.05) is 33.4 Å². The third-order valence-electron chi connectivity index (χ3n) is 5.95. The van der Waals surface area contributed by atoms with Gasteiger partial charge in [-0.1, -0.05) is 0 Å². The summed E-state index contributed by atoms with van der Waals surface area (Å²) in [5, 5.41) is 0.780. The summed E-state index contributed by atoms with van der Waals surface area (Å²) in [5.41, 5.74) is 2.60. The minimum atomic E-state index is -0.735. The molecule has 3 aromatic heterocycles. The fourth-order valence-electron chi connectivity index (χ4n) is 4.21. The highest BCUT2D eigenvalue weighted by molar-refractivity contribution is 7.15. The van der Waals surface area contributed by atoms with Crippen molar-refractivity contribution in [3.63, 3.8) is 0 Å². The third-order valence-corrected chi connectivity index (χ3v) is 7.25. The van der Waals surface area contributed by atoms with Gasteiger partial charge in [0.1, 0.15) is 11.5 Å². The molecule has 1 aliphatic rings. The van der Waals surface area contributed by atoms with Crippen molar-refractivity contribution in [3.8, 4) is 27.3 Å². The molecule has 0 spiro atoms. The lowest BCUT2D eigenvalue weighted by molar-refractivity contribution is 0.0205. The van der Waals surface area contributed by atoms with E-state index >= 15 is 0 Å². The minimum Gasteiger partial charge on any atom is -0.493 e. The van der Waals surface area contributed by atoms with E-state index < -0.39 is 11.6 Å². The van der Waals surface area contributed by atoms with Crippen LogP contribution in [0.2, 0.25) is 0 Å². The molecule has 0 radical (unpaired) electrons. The summed E-state index contributed by atoms with van der Waals surface area (Å²) in [5.74, 6) is -1.38. The Hall–Kier alpha value is -2.81. The molecule has 4 heterocycles. The van der Waals surface area contributed by atoms with Crippen LogP contribution in [0.1, 0.15) is 17.8 Å². The molecule has 8 heteroatoms.